The van der Waals surface area contributed by atoms with Crippen LogP contribution in [0.15, 0.2) is 47.7 Å². The van der Waals surface area contributed by atoms with Gasteiger partial charge >= 0.3 is 0 Å². The summed E-state index contributed by atoms with van der Waals surface area (Å²) in [4.78, 5) is 17.3. The number of hydrogen-bond donors (Lipinski definition) is 0. The highest BCUT2D eigenvalue weighted by molar-refractivity contribution is 5.74. The normalized spacial score (nSPS) is 11.3. The number of unbranched alkanes of at least 4 members (excludes halogenated alkanes) is 1. The van der Waals surface area contributed by atoms with Gasteiger partial charge in [-0.1, -0.05) is 31.5 Å². The summed E-state index contributed by atoms with van der Waals surface area (Å²) in [6.07, 6.45) is 5.10. The fourth-order valence-corrected chi connectivity index (χ4v) is 2.79. The third kappa shape index (κ3) is 2.87. The lowest BCUT2D eigenvalue weighted by Gasteiger charge is -2.07. The number of para-hydroxylation sites is 1. The van der Waals surface area contributed by atoms with Crippen molar-refractivity contribution in [2.45, 2.75) is 32.9 Å². The minimum atomic E-state index is -0.165. The molecule has 0 bridgehead atoms. The van der Waals surface area contributed by atoms with E-state index in [0.29, 0.717) is 16.9 Å². The van der Waals surface area contributed by atoms with E-state index in [1.165, 1.54) is 10.9 Å². The van der Waals surface area contributed by atoms with Crippen LogP contribution in [0.2, 0.25) is 0 Å². The maximum atomic E-state index is 12.8. The zero-order chi connectivity index (χ0) is 17.9. The first kappa shape index (κ1) is 16.1. The average molecular weight is 350 g/mol. The lowest BCUT2D eigenvalue weighted by atomic mass is 10.3. The van der Waals surface area contributed by atoms with Crippen LogP contribution in [0.25, 0.3) is 16.7 Å². The summed E-state index contributed by atoms with van der Waals surface area (Å²) in [5.74, 6) is 0.636. The highest BCUT2D eigenvalue weighted by Gasteiger charge is 2.13. The predicted molar refractivity (Wildman–Crippen MR) is 95.0 cm³/mol. The molecule has 26 heavy (non-hydrogen) atoms. The Morgan fingerprint density at radius 1 is 1.15 bits per heavy atom. The zero-order valence-corrected chi connectivity index (χ0v) is 14.4. The summed E-state index contributed by atoms with van der Waals surface area (Å²) in [5, 5.41) is 16.5. The standard InChI is InChI=1S/C17H18N8O/c1-2-3-9-24-15(20-21-22-24)11-23-12-18-16-14(17(23)26)10-19-25(16)13-7-5-4-6-8-13/h4-8,10,12H,2-3,9,11H2,1H3. The van der Waals surface area contributed by atoms with Gasteiger partial charge in [0.05, 0.1) is 18.4 Å². The second-order valence-corrected chi connectivity index (χ2v) is 5.98. The van der Waals surface area contributed by atoms with Crippen LogP contribution in [0.5, 0.6) is 0 Å². The van der Waals surface area contributed by atoms with Gasteiger partial charge in [0.25, 0.3) is 5.56 Å². The van der Waals surface area contributed by atoms with Gasteiger partial charge in [-0.3, -0.25) is 9.36 Å². The molecule has 3 heterocycles. The highest BCUT2D eigenvalue weighted by Crippen LogP contribution is 2.13. The van der Waals surface area contributed by atoms with E-state index in [4.69, 9.17) is 0 Å². The molecule has 9 nitrogen and oxygen atoms in total. The summed E-state index contributed by atoms with van der Waals surface area (Å²) in [6, 6.07) is 9.60. The Bertz CT molecular complexity index is 1080. The Morgan fingerprint density at radius 3 is 2.81 bits per heavy atom. The summed E-state index contributed by atoms with van der Waals surface area (Å²) < 4.78 is 4.90. The van der Waals surface area contributed by atoms with Crippen molar-refractivity contribution in [2.75, 3.05) is 0 Å². The minimum Gasteiger partial charge on any atom is -0.291 e. The molecule has 4 aromatic rings. The second kappa shape index (κ2) is 6.87. The molecule has 0 atom stereocenters. The van der Waals surface area contributed by atoms with Gasteiger partial charge in [0.1, 0.15) is 11.7 Å². The maximum absolute atomic E-state index is 12.8. The largest absolute Gasteiger partial charge is 0.291 e. The second-order valence-electron chi connectivity index (χ2n) is 5.98. The van der Waals surface area contributed by atoms with Crippen molar-refractivity contribution >= 4 is 11.0 Å². The first-order chi connectivity index (χ1) is 12.8. The van der Waals surface area contributed by atoms with E-state index >= 15 is 0 Å². The molecule has 0 spiro atoms. The van der Waals surface area contributed by atoms with Crippen LogP contribution in [0.3, 0.4) is 0 Å². The number of fused-ring (bicyclic) bond motifs is 1. The van der Waals surface area contributed by atoms with Gasteiger partial charge in [-0.05, 0) is 29.0 Å². The van der Waals surface area contributed by atoms with Crippen molar-refractivity contribution in [1.82, 2.24) is 39.5 Å². The number of benzene rings is 1. The summed E-state index contributed by atoms with van der Waals surface area (Å²) in [7, 11) is 0. The van der Waals surface area contributed by atoms with Crippen molar-refractivity contribution < 1.29 is 0 Å². The van der Waals surface area contributed by atoms with Crippen LogP contribution >= 0.6 is 0 Å². The molecule has 0 radical (unpaired) electrons. The Labute approximate surface area is 148 Å². The van der Waals surface area contributed by atoms with E-state index in [0.717, 1.165) is 25.1 Å². The van der Waals surface area contributed by atoms with Crippen molar-refractivity contribution in [2.24, 2.45) is 0 Å². The number of tetrazole rings is 1. The summed E-state index contributed by atoms with van der Waals surface area (Å²) in [5.41, 5.74) is 1.22. The van der Waals surface area contributed by atoms with E-state index in [-0.39, 0.29) is 12.1 Å². The molecule has 0 amide bonds. The molecular formula is C17H18N8O. The number of aryl methyl sites for hydroxylation is 1. The Balaban J connectivity index is 1.69. The molecule has 0 fully saturated rings. The van der Waals surface area contributed by atoms with Crippen molar-refractivity contribution in [3.05, 3.63) is 59.0 Å². The van der Waals surface area contributed by atoms with Gasteiger partial charge in [0.15, 0.2) is 11.5 Å². The van der Waals surface area contributed by atoms with Crippen LogP contribution in [0, 0.1) is 0 Å². The van der Waals surface area contributed by atoms with Gasteiger partial charge in [-0.2, -0.15) is 5.10 Å². The molecule has 0 saturated carbocycles. The monoisotopic (exact) mass is 350 g/mol. The molecule has 0 aliphatic heterocycles. The molecule has 9 heteroatoms. The molecule has 0 N–H and O–H groups in total. The SMILES string of the molecule is CCCCn1nnnc1Cn1cnc2c(cnn2-c2ccccc2)c1=O. The molecule has 1 aromatic carbocycles. The van der Waals surface area contributed by atoms with Gasteiger partial charge in [-0.15, -0.1) is 5.10 Å². The van der Waals surface area contributed by atoms with Crippen molar-refractivity contribution in [1.29, 1.82) is 0 Å². The van der Waals surface area contributed by atoms with E-state index in [1.54, 1.807) is 15.6 Å². The Morgan fingerprint density at radius 2 is 2.00 bits per heavy atom. The highest BCUT2D eigenvalue weighted by atomic mass is 16.1. The molecule has 0 unspecified atom stereocenters. The molecule has 0 aliphatic carbocycles. The van der Waals surface area contributed by atoms with E-state index in [9.17, 15) is 4.79 Å². The lowest BCUT2D eigenvalue weighted by Crippen LogP contribution is -2.23. The molecule has 132 valence electrons. The van der Waals surface area contributed by atoms with Crippen LogP contribution in [-0.4, -0.2) is 39.5 Å². The zero-order valence-electron chi connectivity index (χ0n) is 14.4. The number of nitrogens with zero attached hydrogens (tertiary/aromatic N) is 8. The average Bonchev–Trinajstić information content (AvgIpc) is 3.30. The molecule has 4 rings (SSSR count). The smallest absolute Gasteiger partial charge is 0.264 e. The molecule has 0 saturated heterocycles. The van der Waals surface area contributed by atoms with Crippen LogP contribution in [0.1, 0.15) is 25.6 Å². The first-order valence-electron chi connectivity index (χ1n) is 8.51. The van der Waals surface area contributed by atoms with Crippen LogP contribution < -0.4 is 5.56 Å². The van der Waals surface area contributed by atoms with Gasteiger partial charge < -0.3 is 0 Å². The quantitative estimate of drug-likeness (QED) is 0.522. The van der Waals surface area contributed by atoms with Crippen molar-refractivity contribution in [3.8, 4) is 5.69 Å². The number of rotatable bonds is 6. The van der Waals surface area contributed by atoms with Gasteiger partial charge in [0, 0.05) is 6.54 Å². The van der Waals surface area contributed by atoms with E-state index in [1.807, 2.05) is 30.3 Å². The van der Waals surface area contributed by atoms with E-state index < -0.39 is 0 Å². The third-order valence-corrected chi connectivity index (χ3v) is 4.20. The molecule has 0 aliphatic rings. The van der Waals surface area contributed by atoms with Crippen LogP contribution in [-0.2, 0) is 13.1 Å². The predicted octanol–water partition coefficient (Wildman–Crippen LogP) is 1.42. The number of hydrogen-bond acceptors (Lipinski definition) is 6. The van der Waals surface area contributed by atoms with Crippen molar-refractivity contribution in [3.63, 3.8) is 0 Å². The number of aromatic nitrogens is 8. The molecule has 3 aromatic heterocycles. The van der Waals surface area contributed by atoms with Gasteiger partial charge in [-0.25, -0.2) is 14.3 Å². The van der Waals surface area contributed by atoms with Crippen LogP contribution in [0.4, 0.5) is 0 Å². The first-order valence-corrected chi connectivity index (χ1v) is 8.51. The lowest BCUT2D eigenvalue weighted by molar-refractivity contribution is 0.521. The third-order valence-electron chi connectivity index (χ3n) is 4.20. The fraction of sp³-hybridized carbons (Fsp3) is 0.294. The minimum absolute atomic E-state index is 0.165. The Hall–Kier alpha value is -3.36. The molecular weight excluding hydrogens is 332 g/mol. The summed E-state index contributed by atoms with van der Waals surface area (Å²) in [6.45, 7) is 3.11. The summed E-state index contributed by atoms with van der Waals surface area (Å²) >= 11 is 0. The Kier molecular flexibility index (Phi) is 4.26. The van der Waals surface area contributed by atoms with E-state index in [2.05, 4.69) is 32.5 Å². The maximum Gasteiger partial charge on any atom is 0.264 e. The topological polar surface area (TPSA) is 96.3 Å². The fourth-order valence-electron chi connectivity index (χ4n) is 2.79. The van der Waals surface area contributed by atoms with Gasteiger partial charge in [0.2, 0.25) is 0 Å².